The average molecular weight is 410 g/mol. The molecule has 0 aliphatic carbocycles. The van der Waals surface area contributed by atoms with Gasteiger partial charge in [-0.3, -0.25) is 4.79 Å². The van der Waals surface area contributed by atoms with Crippen molar-refractivity contribution in [2.45, 2.75) is 38.6 Å². The van der Waals surface area contributed by atoms with Crippen LogP contribution in [0.25, 0.3) is 22.0 Å². The second-order valence-corrected chi connectivity index (χ2v) is 8.48. The Kier molecular flexibility index (Phi) is 6.42. The monoisotopic (exact) mass is 409 g/mol. The molecule has 152 valence electrons. The predicted octanol–water partition coefficient (Wildman–Crippen LogP) is 5.06. The van der Waals surface area contributed by atoms with E-state index in [-0.39, 0.29) is 11.9 Å². The number of nitrogens with one attached hydrogen (secondary N) is 1. The molecule has 5 nitrogen and oxygen atoms in total. The molecule has 0 radical (unpaired) electrons. The molecule has 1 N–H and O–H groups in total. The zero-order chi connectivity index (χ0) is 20.1. The second kappa shape index (κ2) is 9.37. The van der Waals surface area contributed by atoms with Gasteiger partial charge in [-0.15, -0.1) is 11.3 Å². The molecule has 0 atom stereocenters. The van der Waals surface area contributed by atoms with Crippen molar-refractivity contribution in [1.29, 1.82) is 0 Å². The fourth-order valence-electron chi connectivity index (χ4n) is 3.70. The SMILES string of the molecule is CCCCN1CCC(NC(=O)c2sc(-c3ccco3)nc2-c2ccccc2)CC1. The first-order valence-electron chi connectivity index (χ1n) is 10.4. The van der Waals surface area contributed by atoms with Crippen LogP contribution in [0.5, 0.6) is 0 Å². The van der Waals surface area contributed by atoms with E-state index in [9.17, 15) is 4.79 Å². The molecule has 0 saturated carbocycles. The van der Waals surface area contributed by atoms with Crippen molar-refractivity contribution in [2.24, 2.45) is 0 Å². The van der Waals surface area contributed by atoms with E-state index in [1.54, 1.807) is 6.26 Å². The Bertz CT molecular complexity index is 913. The van der Waals surface area contributed by atoms with Gasteiger partial charge < -0.3 is 14.6 Å². The lowest BCUT2D eigenvalue weighted by Crippen LogP contribution is -2.44. The number of rotatable bonds is 7. The van der Waals surface area contributed by atoms with E-state index in [0.717, 1.165) is 48.7 Å². The van der Waals surface area contributed by atoms with E-state index in [2.05, 4.69) is 17.1 Å². The number of amides is 1. The Balaban J connectivity index is 1.50. The minimum absolute atomic E-state index is 0.0360. The van der Waals surface area contributed by atoms with Crippen LogP contribution in [-0.2, 0) is 0 Å². The number of piperidine rings is 1. The third-order valence-electron chi connectivity index (χ3n) is 5.36. The number of likely N-dealkylation sites (tertiary alicyclic amines) is 1. The lowest BCUT2D eigenvalue weighted by molar-refractivity contribution is 0.0915. The summed E-state index contributed by atoms with van der Waals surface area (Å²) in [5.74, 6) is 0.654. The predicted molar refractivity (Wildman–Crippen MR) is 117 cm³/mol. The fourth-order valence-corrected chi connectivity index (χ4v) is 4.66. The summed E-state index contributed by atoms with van der Waals surface area (Å²) in [7, 11) is 0. The number of thiazole rings is 1. The number of hydrogen-bond donors (Lipinski definition) is 1. The molecule has 3 aromatic rings. The van der Waals surface area contributed by atoms with E-state index >= 15 is 0 Å². The highest BCUT2D eigenvalue weighted by Crippen LogP contribution is 2.34. The Morgan fingerprint density at radius 1 is 1.21 bits per heavy atom. The van der Waals surface area contributed by atoms with Crippen LogP contribution in [0.15, 0.2) is 53.1 Å². The molecule has 1 saturated heterocycles. The Hall–Kier alpha value is -2.44. The molecule has 1 aliphatic rings. The highest BCUT2D eigenvalue weighted by Gasteiger charge is 2.25. The zero-order valence-corrected chi connectivity index (χ0v) is 17.6. The molecule has 1 fully saturated rings. The van der Waals surface area contributed by atoms with Crippen molar-refractivity contribution in [1.82, 2.24) is 15.2 Å². The van der Waals surface area contributed by atoms with Crippen LogP contribution < -0.4 is 5.32 Å². The highest BCUT2D eigenvalue weighted by atomic mass is 32.1. The van der Waals surface area contributed by atoms with E-state index in [4.69, 9.17) is 9.40 Å². The van der Waals surface area contributed by atoms with Gasteiger partial charge in [0.2, 0.25) is 0 Å². The molecule has 1 aliphatic heterocycles. The molecule has 0 bridgehead atoms. The van der Waals surface area contributed by atoms with E-state index in [1.807, 2.05) is 42.5 Å². The van der Waals surface area contributed by atoms with Crippen molar-refractivity contribution in [2.75, 3.05) is 19.6 Å². The number of benzene rings is 1. The van der Waals surface area contributed by atoms with Crippen LogP contribution in [0.2, 0.25) is 0 Å². The van der Waals surface area contributed by atoms with Crippen LogP contribution >= 0.6 is 11.3 Å². The molecule has 0 unspecified atom stereocenters. The van der Waals surface area contributed by atoms with Gasteiger partial charge in [-0.25, -0.2) is 4.98 Å². The first-order chi connectivity index (χ1) is 14.2. The van der Waals surface area contributed by atoms with Crippen LogP contribution in [0.3, 0.4) is 0 Å². The van der Waals surface area contributed by atoms with Crippen LogP contribution in [0.1, 0.15) is 42.3 Å². The van der Waals surface area contributed by atoms with Crippen molar-refractivity contribution < 1.29 is 9.21 Å². The molecular formula is C23H27N3O2S. The smallest absolute Gasteiger partial charge is 0.263 e. The summed E-state index contributed by atoms with van der Waals surface area (Å²) in [6.07, 6.45) is 6.10. The van der Waals surface area contributed by atoms with Gasteiger partial charge in [0.25, 0.3) is 5.91 Å². The maximum absolute atomic E-state index is 13.2. The van der Waals surface area contributed by atoms with E-state index < -0.39 is 0 Å². The largest absolute Gasteiger partial charge is 0.462 e. The number of carbonyl (C=O) groups is 1. The van der Waals surface area contributed by atoms with Crippen LogP contribution in [0, 0.1) is 0 Å². The molecule has 2 aromatic heterocycles. The molecule has 3 heterocycles. The first-order valence-corrected chi connectivity index (χ1v) is 11.2. The van der Waals surface area contributed by atoms with Crippen molar-refractivity contribution >= 4 is 17.2 Å². The Morgan fingerprint density at radius 3 is 2.69 bits per heavy atom. The van der Waals surface area contributed by atoms with Gasteiger partial charge >= 0.3 is 0 Å². The van der Waals surface area contributed by atoms with Crippen LogP contribution in [0.4, 0.5) is 0 Å². The maximum Gasteiger partial charge on any atom is 0.263 e. The number of furan rings is 1. The number of unbranched alkanes of at least 4 members (excludes halogenated alkanes) is 1. The van der Waals surface area contributed by atoms with Gasteiger partial charge in [0, 0.05) is 24.7 Å². The number of carbonyl (C=O) groups excluding carboxylic acids is 1. The normalized spacial score (nSPS) is 15.5. The lowest BCUT2D eigenvalue weighted by atomic mass is 10.0. The van der Waals surface area contributed by atoms with Crippen molar-refractivity contribution in [3.05, 3.63) is 53.6 Å². The first kappa shape index (κ1) is 19.9. The van der Waals surface area contributed by atoms with Gasteiger partial charge in [-0.05, 0) is 37.9 Å². The number of nitrogens with zero attached hydrogens (tertiary/aromatic N) is 2. The average Bonchev–Trinajstić information content (AvgIpc) is 3.44. The lowest BCUT2D eigenvalue weighted by Gasteiger charge is -2.32. The summed E-state index contributed by atoms with van der Waals surface area (Å²) in [6, 6.07) is 13.8. The molecule has 0 spiro atoms. The standard InChI is InChI=1S/C23H27N3O2S/c1-2-3-13-26-14-11-18(12-15-26)24-22(27)21-20(17-8-5-4-6-9-17)25-23(29-21)19-10-7-16-28-19/h4-10,16,18H,2-3,11-15H2,1H3,(H,24,27). The molecule has 29 heavy (non-hydrogen) atoms. The number of aromatic nitrogens is 1. The summed E-state index contributed by atoms with van der Waals surface area (Å²) in [4.78, 5) is 21.0. The maximum atomic E-state index is 13.2. The van der Waals surface area contributed by atoms with Gasteiger partial charge in [0.05, 0.1) is 12.0 Å². The Labute approximate surface area is 175 Å². The van der Waals surface area contributed by atoms with Crippen molar-refractivity contribution in [3.8, 4) is 22.0 Å². The molecule has 4 rings (SSSR count). The van der Waals surface area contributed by atoms with Crippen LogP contribution in [-0.4, -0.2) is 41.5 Å². The highest BCUT2D eigenvalue weighted by molar-refractivity contribution is 7.17. The number of hydrogen-bond acceptors (Lipinski definition) is 5. The summed E-state index contributed by atoms with van der Waals surface area (Å²) in [5, 5.41) is 3.98. The zero-order valence-electron chi connectivity index (χ0n) is 16.8. The minimum Gasteiger partial charge on any atom is -0.462 e. The third kappa shape index (κ3) is 4.77. The summed E-state index contributed by atoms with van der Waals surface area (Å²) >= 11 is 1.39. The third-order valence-corrected chi connectivity index (χ3v) is 6.43. The van der Waals surface area contributed by atoms with Gasteiger partial charge in [0.15, 0.2) is 10.8 Å². The second-order valence-electron chi connectivity index (χ2n) is 7.48. The molecule has 1 amide bonds. The summed E-state index contributed by atoms with van der Waals surface area (Å²) in [6.45, 7) is 5.49. The molecule has 1 aromatic carbocycles. The van der Waals surface area contributed by atoms with E-state index in [0.29, 0.717) is 10.6 Å². The van der Waals surface area contributed by atoms with Crippen molar-refractivity contribution in [3.63, 3.8) is 0 Å². The summed E-state index contributed by atoms with van der Waals surface area (Å²) < 4.78 is 5.51. The molecule has 6 heteroatoms. The van der Waals surface area contributed by atoms with Gasteiger partial charge in [-0.2, -0.15) is 0 Å². The van der Waals surface area contributed by atoms with Gasteiger partial charge in [0.1, 0.15) is 4.88 Å². The fraction of sp³-hybridized carbons (Fsp3) is 0.391. The molecular weight excluding hydrogens is 382 g/mol. The van der Waals surface area contributed by atoms with Gasteiger partial charge in [-0.1, -0.05) is 43.7 Å². The quantitative estimate of drug-likeness (QED) is 0.592. The topological polar surface area (TPSA) is 58.4 Å². The summed E-state index contributed by atoms with van der Waals surface area (Å²) in [5.41, 5.74) is 1.67. The Morgan fingerprint density at radius 2 is 2.00 bits per heavy atom. The van der Waals surface area contributed by atoms with E-state index in [1.165, 1.54) is 24.2 Å². The minimum atomic E-state index is -0.0360.